The lowest BCUT2D eigenvalue weighted by Gasteiger charge is -2.28. The van der Waals surface area contributed by atoms with Crippen molar-refractivity contribution in [1.82, 2.24) is 10.2 Å². The predicted octanol–water partition coefficient (Wildman–Crippen LogP) is 1.87. The minimum absolute atomic E-state index is 0.435. The maximum Gasteiger partial charge on any atom is 0.0561 e. The lowest BCUT2D eigenvalue weighted by Crippen LogP contribution is -2.39. The Bertz CT molecular complexity index is 185. The molecule has 1 saturated heterocycles. The van der Waals surface area contributed by atoms with Gasteiger partial charge in [-0.2, -0.15) is 0 Å². The van der Waals surface area contributed by atoms with Gasteiger partial charge in [-0.3, -0.25) is 0 Å². The van der Waals surface area contributed by atoms with Crippen LogP contribution in [0.25, 0.3) is 0 Å². The number of nitrogens with one attached hydrogen (secondary N) is 1. The largest absolute Gasteiger partial charge is 0.378 e. The van der Waals surface area contributed by atoms with Gasteiger partial charge in [0, 0.05) is 18.7 Å². The fraction of sp³-hybridized carbons (Fsp3) is 1.00. The Balaban J connectivity index is 2.02. The first-order chi connectivity index (χ1) is 7.59. The standard InChI is InChI=1S/C13H28N2O/c1-11(2)15(4)8-5-7-14-13-6-9-16-12(3)10-13/h11-14H,5-10H2,1-4H3. The average Bonchev–Trinajstić information content (AvgIpc) is 2.24. The van der Waals surface area contributed by atoms with Crippen molar-refractivity contribution < 1.29 is 4.74 Å². The van der Waals surface area contributed by atoms with E-state index >= 15 is 0 Å². The van der Waals surface area contributed by atoms with Gasteiger partial charge in [0.1, 0.15) is 0 Å². The van der Waals surface area contributed by atoms with E-state index in [1.807, 2.05) is 0 Å². The lowest BCUT2D eigenvalue weighted by atomic mass is 10.0. The molecular weight excluding hydrogens is 200 g/mol. The summed E-state index contributed by atoms with van der Waals surface area (Å²) in [5, 5.41) is 3.64. The van der Waals surface area contributed by atoms with Crippen molar-refractivity contribution >= 4 is 0 Å². The van der Waals surface area contributed by atoms with Gasteiger partial charge in [-0.15, -0.1) is 0 Å². The third-order valence-electron chi connectivity index (χ3n) is 3.49. The van der Waals surface area contributed by atoms with Gasteiger partial charge in [0.25, 0.3) is 0 Å². The molecule has 0 aliphatic carbocycles. The first-order valence-corrected chi connectivity index (χ1v) is 6.65. The third-order valence-corrected chi connectivity index (χ3v) is 3.49. The molecule has 2 atom stereocenters. The van der Waals surface area contributed by atoms with Crippen molar-refractivity contribution in [2.45, 2.75) is 58.2 Å². The number of hydrogen-bond donors (Lipinski definition) is 1. The molecule has 3 nitrogen and oxygen atoms in total. The van der Waals surface area contributed by atoms with Gasteiger partial charge in [-0.05, 0) is 60.2 Å². The van der Waals surface area contributed by atoms with Crippen LogP contribution in [0.5, 0.6) is 0 Å². The van der Waals surface area contributed by atoms with E-state index in [2.05, 4.69) is 38.0 Å². The van der Waals surface area contributed by atoms with Gasteiger partial charge in [-0.1, -0.05) is 0 Å². The van der Waals surface area contributed by atoms with Crippen LogP contribution in [0.3, 0.4) is 0 Å². The highest BCUT2D eigenvalue weighted by Crippen LogP contribution is 2.12. The summed E-state index contributed by atoms with van der Waals surface area (Å²) in [6.07, 6.45) is 4.01. The smallest absolute Gasteiger partial charge is 0.0561 e. The van der Waals surface area contributed by atoms with Gasteiger partial charge in [0.15, 0.2) is 0 Å². The minimum Gasteiger partial charge on any atom is -0.378 e. The fourth-order valence-electron chi connectivity index (χ4n) is 2.08. The third kappa shape index (κ3) is 5.28. The Morgan fingerprint density at radius 2 is 2.19 bits per heavy atom. The van der Waals surface area contributed by atoms with E-state index in [-0.39, 0.29) is 0 Å². The first kappa shape index (κ1) is 13.9. The highest BCUT2D eigenvalue weighted by atomic mass is 16.5. The SMILES string of the molecule is CC1CC(NCCCN(C)C(C)C)CCO1. The molecule has 0 spiro atoms. The molecular formula is C13H28N2O. The van der Waals surface area contributed by atoms with E-state index in [0.29, 0.717) is 18.2 Å². The molecule has 0 aromatic rings. The van der Waals surface area contributed by atoms with Crippen LogP contribution in [-0.2, 0) is 4.74 Å². The van der Waals surface area contributed by atoms with Crippen LogP contribution in [0.1, 0.15) is 40.0 Å². The fourth-order valence-corrected chi connectivity index (χ4v) is 2.08. The zero-order valence-electron chi connectivity index (χ0n) is 11.3. The van der Waals surface area contributed by atoms with E-state index in [0.717, 1.165) is 13.2 Å². The minimum atomic E-state index is 0.435. The van der Waals surface area contributed by atoms with E-state index < -0.39 is 0 Å². The second-order valence-corrected chi connectivity index (χ2v) is 5.28. The number of ether oxygens (including phenoxy) is 1. The topological polar surface area (TPSA) is 24.5 Å². The molecule has 1 aliphatic rings. The molecule has 0 aromatic heterocycles. The molecule has 0 bridgehead atoms. The Hall–Kier alpha value is -0.120. The molecule has 16 heavy (non-hydrogen) atoms. The van der Waals surface area contributed by atoms with Gasteiger partial charge in [-0.25, -0.2) is 0 Å². The quantitative estimate of drug-likeness (QED) is 0.703. The van der Waals surface area contributed by atoms with Gasteiger partial charge in [0.05, 0.1) is 6.10 Å². The summed E-state index contributed by atoms with van der Waals surface area (Å²) in [5.74, 6) is 0. The summed E-state index contributed by atoms with van der Waals surface area (Å²) >= 11 is 0. The van der Waals surface area contributed by atoms with Crippen LogP contribution in [0, 0.1) is 0 Å². The molecule has 3 heteroatoms. The second kappa shape index (κ2) is 7.25. The van der Waals surface area contributed by atoms with Crippen LogP contribution in [0.4, 0.5) is 0 Å². The Morgan fingerprint density at radius 3 is 2.81 bits per heavy atom. The molecule has 1 aliphatic heterocycles. The zero-order chi connectivity index (χ0) is 12.0. The number of nitrogens with zero attached hydrogens (tertiary/aromatic N) is 1. The maximum atomic E-state index is 5.54. The van der Waals surface area contributed by atoms with Crippen molar-refractivity contribution in [2.75, 3.05) is 26.7 Å². The van der Waals surface area contributed by atoms with E-state index in [1.54, 1.807) is 0 Å². The second-order valence-electron chi connectivity index (χ2n) is 5.28. The van der Waals surface area contributed by atoms with Crippen LogP contribution in [0.15, 0.2) is 0 Å². The lowest BCUT2D eigenvalue weighted by molar-refractivity contribution is 0.0133. The van der Waals surface area contributed by atoms with Crippen molar-refractivity contribution in [1.29, 1.82) is 0 Å². The predicted molar refractivity (Wildman–Crippen MR) is 68.8 cm³/mol. The zero-order valence-corrected chi connectivity index (χ0v) is 11.3. The van der Waals surface area contributed by atoms with Crippen LogP contribution in [0.2, 0.25) is 0 Å². The number of rotatable bonds is 6. The van der Waals surface area contributed by atoms with E-state index in [4.69, 9.17) is 4.74 Å². The molecule has 0 radical (unpaired) electrons. The molecule has 0 aromatic carbocycles. The van der Waals surface area contributed by atoms with Crippen molar-refractivity contribution in [3.8, 4) is 0 Å². The monoisotopic (exact) mass is 228 g/mol. The molecule has 1 N–H and O–H groups in total. The summed E-state index contributed by atoms with van der Waals surface area (Å²) in [6, 6.07) is 1.33. The van der Waals surface area contributed by atoms with Crippen LogP contribution >= 0.6 is 0 Å². The molecule has 1 fully saturated rings. The first-order valence-electron chi connectivity index (χ1n) is 6.65. The summed E-state index contributed by atoms with van der Waals surface area (Å²) in [4.78, 5) is 2.40. The molecule has 1 heterocycles. The average molecular weight is 228 g/mol. The molecule has 0 saturated carbocycles. The highest BCUT2D eigenvalue weighted by Gasteiger charge is 2.18. The summed E-state index contributed by atoms with van der Waals surface area (Å²) in [5.41, 5.74) is 0. The van der Waals surface area contributed by atoms with Crippen molar-refractivity contribution in [3.63, 3.8) is 0 Å². The van der Waals surface area contributed by atoms with Gasteiger partial charge >= 0.3 is 0 Å². The molecule has 1 rings (SSSR count). The van der Waals surface area contributed by atoms with Crippen LogP contribution < -0.4 is 5.32 Å². The summed E-state index contributed by atoms with van der Waals surface area (Å²) in [6.45, 7) is 9.89. The normalized spacial score (nSPS) is 26.6. The molecule has 96 valence electrons. The van der Waals surface area contributed by atoms with E-state index in [1.165, 1.54) is 25.8 Å². The Kier molecular flexibility index (Phi) is 6.32. The van der Waals surface area contributed by atoms with Crippen molar-refractivity contribution in [3.05, 3.63) is 0 Å². The Morgan fingerprint density at radius 1 is 1.44 bits per heavy atom. The molecule has 2 unspecified atom stereocenters. The van der Waals surface area contributed by atoms with E-state index in [9.17, 15) is 0 Å². The highest BCUT2D eigenvalue weighted by molar-refractivity contribution is 4.74. The number of hydrogen-bond acceptors (Lipinski definition) is 3. The Labute approximate surface area is 101 Å². The summed E-state index contributed by atoms with van der Waals surface area (Å²) in [7, 11) is 2.20. The van der Waals surface area contributed by atoms with Crippen LogP contribution in [-0.4, -0.2) is 49.8 Å². The molecule has 0 amide bonds. The maximum absolute atomic E-state index is 5.54. The van der Waals surface area contributed by atoms with Crippen molar-refractivity contribution in [2.24, 2.45) is 0 Å². The van der Waals surface area contributed by atoms with Gasteiger partial charge in [0.2, 0.25) is 0 Å². The van der Waals surface area contributed by atoms with Gasteiger partial charge < -0.3 is 15.0 Å². The summed E-state index contributed by atoms with van der Waals surface area (Å²) < 4.78 is 5.54.